The molecule has 168 valence electrons. The first-order valence-electron chi connectivity index (χ1n) is 10.7. The van der Waals surface area contributed by atoms with Crippen molar-refractivity contribution in [1.82, 2.24) is 10.2 Å². The average molecular weight is 448 g/mol. The van der Waals surface area contributed by atoms with Crippen LogP contribution < -0.4 is 9.62 Å². The van der Waals surface area contributed by atoms with E-state index in [4.69, 9.17) is 0 Å². The van der Waals surface area contributed by atoms with Gasteiger partial charge in [0.25, 0.3) is 10.0 Å². The summed E-state index contributed by atoms with van der Waals surface area (Å²) in [4.78, 5) is 15.0. The number of piperidine rings is 1. The van der Waals surface area contributed by atoms with E-state index in [1.54, 1.807) is 18.2 Å². The van der Waals surface area contributed by atoms with Gasteiger partial charge in [-0.05, 0) is 81.2 Å². The summed E-state index contributed by atoms with van der Waals surface area (Å²) in [6.07, 6.45) is 3.22. The summed E-state index contributed by atoms with van der Waals surface area (Å²) < 4.78 is 40.7. The van der Waals surface area contributed by atoms with Gasteiger partial charge in [0, 0.05) is 6.54 Å². The standard InChI is InChI=1S/C23H30FN3O3S/c1-19-12-16-26(17-13-19)15-5-14-25-23(28)18-27(21-10-8-20(24)9-11-21)31(29,30)22-6-3-2-4-7-22/h2-4,6-11,19H,5,12-18H2,1H3,(H,25,28). The minimum Gasteiger partial charge on any atom is -0.354 e. The van der Waals surface area contributed by atoms with E-state index in [9.17, 15) is 17.6 Å². The number of likely N-dealkylation sites (tertiary alicyclic amines) is 1. The zero-order valence-electron chi connectivity index (χ0n) is 17.8. The molecular formula is C23H30FN3O3S. The van der Waals surface area contributed by atoms with Crippen LogP contribution in [0.4, 0.5) is 10.1 Å². The van der Waals surface area contributed by atoms with E-state index in [-0.39, 0.29) is 17.1 Å². The Morgan fingerprint density at radius 3 is 2.39 bits per heavy atom. The summed E-state index contributed by atoms with van der Waals surface area (Å²) in [5.74, 6) is -0.0894. The highest BCUT2D eigenvalue weighted by atomic mass is 32.2. The lowest BCUT2D eigenvalue weighted by atomic mass is 9.99. The molecule has 1 aliphatic heterocycles. The SMILES string of the molecule is CC1CCN(CCCNC(=O)CN(c2ccc(F)cc2)S(=O)(=O)c2ccccc2)CC1. The molecule has 0 unspecified atom stereocenters. The van der Waals surface area contributed by atoms with Crippen molar-refractivity contribution in [2.75, 3.05) is 37.0 Å². The Bertz CT molecular complexity index is 944. The minimum atomic E-state index is -3.97. The molecule has 0 bridgehead atoms. The number of sulfonamides is 1. The van der Waals surface area contributed by atoms with Crippen LogP contribution in [-0.2, 0) is 14.8 Å². The Labute approximate surface area is 184 Å². The van der Waals surface area contributed by atoms with Crippen LogP contribution in [0.15, 0.2) is 59.5 Å². The number of nitrogens with one attached hydrogen (secondary N) is 1. The molecule has 1 aliphatic rings. The molecule has 3 rings (SSSR count). The van der Waals surface area contributed by atoms with Crippen LogP contribution in [0.2, 0.25) is 0 Å². The first-order valence-corrected chi connectivity index (χ1v) is 12.1. The van der Waals surface area contributed by atoms with E-state index >= 15 is 0 Å². The molecule has 2 aromatic rings. The van der Waals surface area contributed by atoms with E-state index in [0.29, 0.717) is 6.54 Å². The van der Waals surface area contributed by atoms with Crippen molar-refractivity contribution in [1.29, 1.82) is 0 Å². The largest absolute Gasteiger partial charge is 0.354 e. The van der Waals surface area contributed by atoms with Crippen LogP contribution in [-0.4, -0.2) is 51.9 Å². The summed E-state index contributed by atoms with van der Waals surface area (Å²) in [5.41, 5.74) is 0.239. The fraction of sp³-hybridized carbons (Fsp3) is 0.435. The molecule has 2 aromatic carbocycles. The molecule has 6 nitrogen and oxygen atoms in total. The lowest BCUT2D eigenvalue weighted by Gasteiger charge is -2.30. The first kappa shape index (κ1) is 23.2. The molecule has 0 saturated carbocycles. The maximum Gasteiger partial charge on any atom is 0.264 e. The Morgan fingerprint density at radius 1 is 1.10 bits per heavy atom. The van der Waals surface area contributed by atoms with Crippen molar-refractivity contribution in [3.8, 4) is 0 Å². The van der Waals surface area contributed by atoms with Crippen molar-refractivity contribution in [2.45, 2.75) is 31.1 Å². The molecule has 1 amide bonds. The Kier molecular flexibility index (Phi) is 8.03. The van der Waals surface area contributed by atoms with E-state index < -0.39 is 21.7 Å². The second-order valence-corrected chi connectivity index (χ2v) is 9.89. The minimum absolute atomic E-state index is 0.0754. The van der Waals surface area contributed by atoms with Gasteiger partial charge in [-0.3, -0.25) is 9.10 Å². The van der Waals surface area contributed by atoms with Gasteiger partial charge in [-0.2, -0.15) is 0 Å². The van der Waals surface area contributed by atoms with Crippen LogP contribution >= 0.6 is 0 Å². The fourth-order valence-electron chi connectivity index (χ4n) is 3.64. The van der Waals surface area contributed by atoms with Crippen LogP contribution in [0, 0.1) is 11.7 Å². The predicted molar refractivity (Wildman–Crippen MR) is 120 cm³/mol. The van der Waals surface area contributed by atoms with Gasteiger partial charge in [-0.15, -0.1) is 0 Å². The third kappa shape index (κ3) is 6.51. The van der Waals surface area contributed by atoms with Gasteiger partial charge in [0.2, 0.25) is 5.91 Å². The number of nitrogens with zero attached hydrogens (tertiary/aromatic N) is 2. The fourth-order valence-corrected chi connectivity index (χ4v) is 5.09. The number of hydrogen-bond acceptors (Lipinski definition) is 4. The Hall–Kier alpha value is -2.45. The number of anilines is 1. The highest BCUT2D eigenvalue weighted by Crippen LogP contribution is 2.23. The lowest BCUT2D eigenvalue weighted by Crippen LogP contribution is -2.42. The normalized spacial score (nSPS) is 15.5. The number of amides is 1. The molecule has 1 heterocycles. The third-order valence-corrected chi connectivity index (χ3v) is 7.37. The molecule has 8 heteroatoms. The summed E-state index contributed by atoms with van der Waals surface area (Å²) in [6, 6.07) is 13.0. The zero-order chi connectivity index (χ0) is 22.3. The monoisotopic (exact) mass is 447 g/mol. The van der Waals surface area contributed by atoms with Crippen molar-refractivity contribution in [3.63, 3.8) is 0 Å². The Morgan fingerprint density at radius 2 is 1.74 bits per heavy atom. The first-order chi connectivity index (χ1) is 14.9. The highest BCUT2D eigenvalue weighted by Gasteiger charge is 2.27. The van der Waals surface area contributed by atoms with Gasteiger partial charge in [0.05, 0.1) is 10.6 Å². The van der Waals surface area contributed by atoms with Crippen molar-refractivity contribution < 1.29 is 17.6 Å². The molecule has 1 saturated heterocycles. The molecule has 0 aliphatic carbocycles. The number of hydrogen-bond donors (Lipinski definition) is 1. The van der Waals surface area contributed by atoms with E-state index in [0.717, 1.165) is 36.3 Å². The van der Waals surface area contributed by atoms with E-state index in [2.05, 4.69) is 17.1 Å². The van der Waals surface area contributed by atoms with Gasteiger partial charge in [0.15, 0.2) is 0 Å². The molecule has 31 heavy (non-hydrogen) atoms. The van der Waals surface area contributed by atoms with E-state index in [1.807, 2.05) is 0 Å². The zero-order valence-corrected chi connectivity index (χ0v) is 18.7. The quantitative estimate of drug-likeness (QED) is 0.599. The highest BCUT2D eigenvalue weighted by molar-refractivity contribution is 7.92. The summed E-state index contributed by atoms with van der Waals surface area (Å²) in [5, 5.41) is 2.82. The van der Waals surface area contributed by atoms with Crippen LogP contribution in [0.1, 0.15) is 26.2 Å². The molecule has 0 spiro atoms. The van der Waals surface area contributed by atoms with Crippen molar-refractivity contribution >= 4 is 21.6 Å². The summed E-state index contributed by atoms with van der Waals surface area (Å²) in [6.45, 7) is 5.47. The van der Waals surface area contributed by atoms with Gasteiger partial charge in [-0.25, -0.2) is 12.8 Å². The topological polar surface area (TPSA) is 69.7 Å². The smallest absolute Gasteiger partial charge is 0.264 e. The second-order valence-electron chi connectivity index (χ2n) is 8.03. The third-order valence-electron chi connectivity index (χ3n) is 5.58. The van der Waals surface area contributed by atoms with Crippen LogP contribution in [0.5, 0.6) is 0 Å². The molecule has 0 aromatic heterocycles. The van der Waals surface area contributed by atoms with Gasteiger partial charge in [0.1, 0.15) is 12.4 Å². The van der Waals surface area contributed by atoms with Crippen LogP contribution in [0.3, 0.4) is 0 Å². The van der Waals surface area contributed by atoms with Gasteiger partial charge in [-0.1, -0.05) is 25.1 Å². The molecular weight excluding hydrogens is 417 g/mol. The van der Waals surface area contributed by atoms with Crippen molar-refractivity contribution in [3.05, 3.63) is 60.4 Å². The number of halogens is 1. The molecule has 1 N–H and O–H groups in total. The number of carbonyl (C=O) groups excluding carboxylic acids is 1. The van der Waals surface area contributed by atoms with E-state index in [1.165, 1.54) is 49.2 Å². The lowest BCUT2D eigenvalue weighted by molar-refractivity contribution is -0.119. The van der Waals surface area contributed by atoms with Crippen molar-refractivity contribution in [2.24, 2.45) is 5.92 Å². The maximum absolute atomic E-state index is 13.4. The summed E-state index contributed by atoms with van der Waals surface area (Å²) >= 11 is 0. The molecule has 0 atom stereocenters. The number of carbonyl (C=O) groups is 1. The second kappa shape index (κ2) is 10.7. The Balaban J connectivity index is 1.62. The predicted octanol–water partition coefficient (Wildman–Crippen LogP) is 3.26. The van der Waals surface area contributed by atoms with Crippen LogP contribution in [0.25, 0.3) is 0 Å². The van der Waals surface area contributed by atoms with Gasteiger partial charge < -0.3 is 10.2 Å². The molecule has 0 radical (unpaired) electrons. The average Bonchev–Trinajstić information content (AvgIpc) is 2.77. The number of benzene rings is 2. The maximum atomic E-state index is 13.4. The summed E-state index contributed by atoms with van der Waals surface area (Å²) in [7, 11) is -3.97. The van der Waals surface area contributed by atoms with Gasteiger partial charge >= 0.3 is 0 Å². The molecule has 1 fully saturated rings. The number of rotatable bonds is 9.